The number of hydrogen-bond donors (Lipinski definition) is 0. The van der Waals surface area contributed by atoms with Crippen LogP contribution in [-0.4, -0.2) is 12.1 Å². The van der Waals surface area contributed by atoms with Crippen LogP contribution in [0, 0.1) is 56.7 Å². The molecule has 178 valence electrons. The van der Waals surface area contributed by atoms with Crippen LogP contribution in [0.1, 0.15) is 106 Å². The van der Waals surface area contributed by atoms with Crippen LogP contribution in [0.4, 0.5) is 0 Å². The van der Waals surface area contributed by atoms with Gasteiger partial charge in [0.25, 0.3) is 0 Å². The molecule has 0 aromatic heterocycles. The van der Waals surface area contributed by atoms with Crippen LogP contribution in [0.3, 0.4) is 0 Å². The van der Waals surface area contributed by atoms with Crippen LogP contribution < -0.4 is 0 Å². The van der Waals surface area contributed by atoms with E-state index >= 15 is 0 Å². The van der Waals surface area contributed by atoms with Crippen molar-refractivity contribution >= 4 is 12.1 Å². The van der Waals surface area contributed by atoms with E-state index in [0.717, 1.165) is 32.1 Å². The minimum atomic E-state index is -0.179. The Labute approximate surface area is 196 Å². The predicted octanol–water partition coefficient (Wildman–Crippen LogP) is 7.41. The van der Waals surface area contributed by atoms with E-state index in [1.54, 1.807) is 0 Å². The molecular formula is C30H46O2. The van der Waals surface area contributed by atoms with Crippen molar-refractivity contribution in [1.82, 2.24) is 0 Å². The molecular weight excluding hydrogens is 392 g/mol. The van der Waals surface area contributed by atoms with Gasteiger partial charge in [-0.05, 0) is 111 Å². The highest BCUT2D eigenvalue weighted by atomic mass is 16.1. The number of carbonyl (C=O) groups excluding carboxylic acids is 2. The normalized spacial score (nSPS) is 54.1. The number of carbonyl (C=O) groups is 2. The molecule has 0 unspecified atom stereocenters. The largest absolute Gasteiger partial charge is 0.303 e. The Kier molecular flexibility index (Phi) is 4.87. The molecule has 5 saturated carbocycles. The van der Waals surface area contributed by atoms with Gasteiger partial charge in [-0.15, -0.1) is 0 Å². The minimum Gasteiger partial charge on any atom is -0.303 e. The van der Waals surface area contributed by atoms with Crippen LogP contribution in [0.25, 0.3) is 0 Å². The van der Waals surface area contributed by atoms with Crippen LogP contribution in [0.2, 0.25) is 0 Å². The Bertz CT molecular complexity index is 855. The van der Waals surface area contributed by atoms with E-state index in [2.05, 4.69) is 48.1 Å². The first-order valence-electron chi connectivity index (χ1n) is 13.5. The fourth-order valence-corrected chi connectivity index (χ4v) is 11.2. The summed E-state index contributed by atoms with van der Waals surface area (Å²) < 4.78 is 0. The van der Waals surface area contributed by atoms with Gasteiger partial charge in [0.15, 0.2) is 0 Å². The first-order chi connectivity index (χ1) is 14.9. The van der Waals surface area contributed by atoms with Gasteiger partial charge in [-0.2, -0.15) is 0 Å². The monoisotopic (exact) mass is 438 g/mol. The molecule has 0 bridgehead atoms. The zero-order valence-corrected chi connectivity index (χ0v) is 21.6. The number of hydrogen-bond acceptors (Lipinski definition) is 2. The van der Waals surface area contributed by atoms with Crippen LogP contribution in [0.15, 0.2) is 12.2 Å². The molecule has 5 aliphatic rings. The highest BCUT2D eigenvalue weighted by Crippen LogP contribution is 2.77. The minimum absolute atomic E-state index is 0.0999. The maximum absolute atomic E-state index is 12.9. The smallest absolute Gasteiger partial charge is 0.138 e. The molecule has 0 heterocycles. The van der Waals surface area contributed by atoms with Crippen LogP contribution >= 0.6 is 0 Å². The average Bonchev–Trinajstić information content (AvgIpc) is 3.12. The molecule has 0 spiro atoms. The zero-order chi connectivity index (χ0) is 23.3. The van der Waals surface area contributed by atoms with Crippen LogP contribution in [0.5, 0.6) is 0 Å². The summed E-state index contributed by atoms with van der Waals surface area (Å²) in [6, 6.07) is 0. The number of allylic oxidation sites excluding steroid dienone is 1. The zero-order valence-electron chi connectivity index (χ0n) is 21.6. The second-order valence-electron chi connectivity index (χ2n) is 14.2. The summed E-state index contributed by atoms with van der Waals surface area (Å²) in [6.07, 6.45) is 12.7. The molecule has 2 heteroatoms. The van der Waals surface area contributed by atoms with Crippen molar-refractivity contribution in [3.05, 3.63) is 12.2 Å². The first-order valence-corrected chi connectivity index (χ1v) is 13.5. The molecule has 0 amide bonds. The summed E-state index contributed by atoms with van der Waals surface area (Å²) in [7, 11) is 0. The lowest BCUT2D eigenvalue weighted by molar-refractivity contribution is -0.231. The van der Waals surface area contributed by atoms with Crippen molar-refractivity contribution in [2.45, 2.75) is 106 Å². The van der Waals surface area contributed by atoms with Crippen LogP contribution in [-0.2, 0) is 9.59 Å². The molecule has 9 atom stereocenters. The molecule has 0 radical (unpaired) electrons. The third kappa shape index (κ3) is 2.54. The number of rotatable bonds is 2. The van der Waals surface area contributed by atoms with E-state index in [9.17, 15) is 9.59 Å². The predicted molar refractivity (Wildman–Crippen MR) is 130 cm³/mol. The molecule has 0 aliphatic heterocycles. The first kappa shape index (κ1) is 22.9. The number of Topliss-reactive ketones (excluding diaryl/α,β-unsaturated/α-hetero) is 1. The number of aldehydes is 1. The van der Waals surface area contributed by atoms with E-state index in [1.807, 2.05) is 0 Å². The summed E-state index contributed by atoms with van der Waals surface area (Å²) in [5.41, 5.74) is 1.87. The topological polar surface area (TPSA) is 34.1 Å². The van der Waals surface area contributed by atoms with Gasteiger partial charge in [-0.3, -0.25) is 4.79 Å². The van der Waals surface area contributed by atoms with Gasteiger partial charge in [-0.25, -0.2) is 0 Å². The Hall–Kier alpha value is -0.920. The quantitative estimate of drug-likeness (QED) is 0.332. The lowest BCUT2D eigenvalue weighted by Gasteiger charge is -2.72. The van der Waals surface area contributed by atoms with Crippen molar-refractivity contribution in [3.8, 4) is 0 Å². The van der Waals surface area contributed by atoms with Gasteiger partial charge >= 0.3 is 0 Å². The van der Waals surface area contributed by atoms with E-state index in [1.165, 1.54) is 44.0 Å². The highest BCUT2D eigenvalue weighted by Gasteiger charge is 2.70. The molecule has 2 nitrogen and oxygen atoms in total. The molecule has 0 aromatic carbocycles. The van der Waals surface area contributed by atoms with E-state index in [0.29, 0.717) is 40.8 Å². The van der Waals surface area contributed by atoms with E-state index in [4.69, 9.17) is 0 Å². The lowest BCUT2D eigenvalue weighted by Crippen LogP contribution is -2.66. The van der Waals surface area contributed by atoms with Crippen molar-refractivity contribution < 1.29 is 9.59 Å². The fraction of sp³-hybridized carbons (Fsp3) is 0.867. The SMILES string of the molecule is C=C(C)[C@H]1CC[C@]2(C=O)CC[C@@]3(C)[C@H](CC[C@@H]4[C@]5(C)CCC(=O)C(C)(C)[C@@H]5CC[C@@]43C)[C@H]12. The maximum atomic E-state index is 12.9. The van der Waals surface area contributed by atoms with E-state index in [-0.39, 0.29) is 21.7 Å². The number of fused-ring (bicyclic) bond motifs is 7. The van der Waals surface area contributed by atoms with Gasteiger partial charge in [0.05, 0.1) is 0 Å². The summed E-state index contributed by atoms with van der Waals surface area (Å²) in [5, 5.41) is 0. The van der Waals surface area contributed by atoms with Gasteiger partial charge in [0, 0.05) is 17.3 Å². The summed E-state index contributed by atoms with van der Waals surface area (Å²) in [4.78, 5) is 25.4. The highest BCUT2D eigenvalue weighted by molar-refractivity contribution is 5.85. The van der Waals surface area contributed by atoms with Crippen molar-refractivity contribution in [3.63, 3.8) is 0 Å². The van der Waals surface area contributed by atoms with Gasteiger partial charge in [0.2, 0.25) is 0 Å². The molecule has 5 aliphatic carbocycles. The molecule has 0 saturated heterocycles. The lowest BCUT2D eigenvalue weighted by atomic mass is 9.32. The standard InChI is InChI=1S/C30H46O2/c1-19(2)20-10-15-30(18-31)17-16-28(6)21(25(20)30)8-9-23-27(5)13-12-24(32)26(3,4)22(27)11-14-29(23,28)7/h18,20-23,25H,1,8-17H2,2-7H3/t20-,21-,22+,23-,25+,27-,28+,29+,30-/m1/s1. The van der Waals surface area contributed by atoms with Gasteiger partial charge in [-0.1, -0.05) is 46.8 Å². The second-order valence-corrected chi connectivity index (χ2v) is 14.2. The molecule has 0 N–H and O–H groups in total. The van der Waals surface area contributed by atoms with Gasteiger partial charge < -0.3 is 4.79 Å². The van der Waals surface area contributed by atoms with Crippen molar-refractivity contribution in [2.24, 2.45) is 56.7 Å². The van der Waals surface area contributed by atoms with Crippen molar-refractivity contribution in [1.29, 1.82) is 0 Å². The Morgan fingerprint density at radius 1 is 0.875 bits per heavy atom. The van der Waals surface area contributed by atoms with Crippen molar-refractivity contribution in [2.75, 3.05) is 0 Å². The fourth-order valence-electron chi connectivity index (χ4n) is 11.2. The maximum Gasteiger partial charge on any atom is 0.138 e. The third-order valence-electron chi connectivity index (χ3n) is 13.1. The average molecular weight is 439 g/mol. The summed E-state index contributed by atoms with van der Waals surface area (Å²) in [5.74, 6) is 3.34. The summed E-state index contributed by atoms with van der Waals surface area (Å²) in [6.45, 7) is 18.9. The Balaban J connectivity index is 1.56. The van der Waals surface area contributed by atoms with Gasteiger partial charge in [0.1, 0.15) is 12.1 Å². The second kappa shape index (κ2) is 6.82. The molecule has 5 rings (SSSR count). The van der Waals surface area contributed by atoms with E-state index < -0.39 is 0 Å². The molecule has 32 heavy (non-hydrogen) atoms. The molecule has 5 fully saturated rings. The molecule has 0 aromatic rings. The Morgan fingerprint density at radius 3 is 2.25 bits per heavy atom. The number of ketones is 1. The third-order valence-corrected chi connectivity index (χ3v) is 13.1. The Morgan fingerprint density at radius 2 is 1.59 bits per heavy atom. The summed E-state index contributed by atoms with van der Waals surface area (Å²) >= 11 is 0.